The fourth-order valence-corrected chi connectivity index (χ4v) is 4.63. The van der Waals surface area contributed by atoms with Crippen molar-refractivity contribution in [1.29, 1.82) is 0 Å². The second kappa shape index (κ2) is 8.58. The first-order valence-electron chi connectivity index (χ1n) is 11.4. The smallest absolute Gasteiger partial charge is 0.356 e. The molecule has 0 radical (unpaired) electrons. The molecule has 190 valence electrons. The van der Waals surface area contributed by atoms with Gasteiger partial charge in [0.2, 0.25) is 0 Å². The Balaban J connectivity index is 1.22. The molecule has 8 nitrogen and oxygen atoms in total. The van der Waals surface area contributed by atoms with E-state index in [-0.39, 0.29) is 46.1 Å². The highest BCUT2D eigenvalue weighted by atomic mass is 35.5. The summed E-state index contributed by atoms with van der Waals surface area (Å²) in [4.78, 5) is 19.5. The molecule has 4 aromatic heterocycles. The number of hydrogen-bond donors (Lipinski definition) is 2. The Kier molecular flexibility index (Phi) is 5.44. The lowest BCUT2D eigenvalue weighted by Gasteiger charge is -2.09. The van der Waals surface area contributed by atoms with Gasteiger partial charge in [-0.3, -0.25) is 4.79 Å². The summed E-state index contributed by atoms with van der Waals surface area (Å²) in [5.41, 5.74) is 0.713. The summed E-state index contributed by atoms with van der Waals surface area (Å²) in [7, 11) is 0. The van der Waals surface area contributed by atoms with Crippen LogP contribution in [0.2, 0.25) is 5.02 Å². The lowest BCUT2D eigenvalue weighted by atomic mass is 10.0. The number of nitrogens with zero attached hydrogens (tertiary/aromatic N) is 5. The second-order valence-electron chi connectivity index (χ2n) is 8.96. The third-order valence-corrected chi connectivity index (χ3v) is 6.70. The first kappa shape index (κ1) is 23.5. The van der Waals surface area contributed by atoms with Gasteiger partial charge >= 0.3 is 6.18 Å². The Bertz CT molecular complexity index is 1670. The number of rotatable bonds is 6. The topological polar surface area (TPSA) is 92.9 Å². The van der Waals surface area contributed by atoms with Crippen LogP contribution in [0.25, 0.3) is 16.4 Å². The van der Waals surface area contributed by atoms with E-state index in [1.165, 1.54) is 29.2 Å². The Morgan fingerprint density at radius 3 is 2.81 bits per heavy atom. The summed E-state index contributed by atoms with van der Waals surface area (Å²) < 4.78 is 59.1. The third kappa shape index (κ3) is 4.31. The van der Waals surface area contributed by atoms with Gasteiger partial charge in [0.25, 0.3) is 5.91 Å². The van der Waals surface area contributed by atoms with Gasteiger partial charge in [0.05, 0.1) is 47.6 Å². The number of aromatic nitrogens is 6. The maximum absolute atomic E-state index is 14.4. The maximum Gasteiger partial charge on any atom is 0.418 e. The number of benzene rings is 1. The van der Waals surface area contributed by atoms with Crippen molar-refractivity contribution in [2.24, 2.45) is 0 Å². The summed E-state index contributed by atoms with van der Waals surface area (Å²) in [5, 5.41) is 10.2. The van der Waals surface area contributed by atoms with E-state index in [0.717, 1.165) is 23.1 Å². The molecule has 1 aliphatic rings. The second-order valence-corrected chi connectivity index (χ2v) is 9.37. The summed E-state index contributed by atoms with van der Waals surface area (Å²) in [6, 6.07) is 6.50. The van der Waals surface area contributed by atoms with Crippen molar-refractivity contribution in [3.63, 3.8) is 0 Å². The fraction of sp³-hybridized carbons (Fsp3) is 0.250. The molecule has 37 heavy (non-hydrogen) atoms. The van der Waals surface area contributed by atoms with Crippen molar-refractivity contribution in [3.05, 3.63) is 82.0 Å². The van der Waals surface area contributed by atoms with Crippen molar-refractivity contribution >= 4 is 33.9 Å². The molecule has 0 unspecified atom stereocenters. The standard InChI is InChI=1S/C24H18ClF4N7O/c25-15-5-6-35-11-31-17(22(35)21(15)26)8-30-23(37)19-10-36(34-33-19)9-18-20(24(27,28)29)14-7-13(12-1-2-12)3-4-16(14)32-18/h3-7,10-12,32H,1-2,8-9H2,(H,30,37). The Morgan fingerprint density at radius 2 is 2.05 bits per heavy atom. The van der Waals surface area contributed by atoms with E-state index in [1.807, 2.05) is 6.07 Å². The molecule has 4 heterocycles. The number of halogens is 5. The number of nitrogens with one attached hydrogen (secondary N) is 2. The van der Waals surface area contributed by atoms with E-state index < -0.39 is 23.5 Å². The van der Waals surface area contributed by atoms with Crippen LogP contribution >= 0.6 is 11.6 Å². The predicted octanol–water partition coefficient (Wildman–Crippen LogP) is 5.07. The Labute approximate surface area is 211 Å². The number of H-pyrrole nitrogens is 1. The van der Waals surface area contributed by atoms with Gasteiger partial charge in [-0.1, -0.05) is 22.9 Å². The molecule has 1 aromatic carbocycles. The number of aromatic amines is 1. The van der Waals surface area contributed by atoms with Crippen LogP contribution in [-0.2, 0) is 19.3 Å². The number of amides is 1. The van der Waals surface area contributed by atoms with Crippen molar-refractivity contribution in [2.45, 2.75) is 38.0 Å². The van der Waals surface area contributed by atoms with Crippen molar-refractivity contribution in [3.8, 4) is 0 Å². The van der Waals surface area contributed by atoms with Gasteiger partial charge in [-0.2, -0.15) is 13.2 Å². The summed E-state index contributed by atoms with van der Waals surface area (Å²) >= 11 is 5.84. The highest BCUT2D eigenvalue weighted by Gasteiger charge is 2.38. The number of carbonyl (C=O) groups excluding carboxylic acids is 1. The summed E-state index contributed by atoms with van der Waals surface area (Å²) in [6.45, 7) is -0.388. The largest absolute Gasteiger partial charge is 0.418 e. The van der Waals surface area contributed by atoms with Crippen LogP contribution in [0.1, 0.15) is 51.8 Å². The van der Waals surface area contributed by atoms with Crippen molar-refractivity contribution in [2.75, 3.05) is 0 Å². The van der Waals surface area contributed by atoms with E-state index >= 15 is 0 Å². The molecule has 0 aliphatic heterocycles. The number of carbonyl (C=O) groups is 1. The molecule has 6 rings (SSSR count). The lowest BCUT2D eigenvalue weighted by molar-refractivity contribution is -0.137. The predicted molar refractivity (Wildman–Crippen MR) is 126 cm³/mol. The van der Waals surface area contributed by atoms with Gasteiger partial charge in [-0.05, 0) is 42.5 Å². The zero-order valence-electron chi connectivity index (χ0n) is 19.0. The van der Waals surface area contributed by atoms with E-state index in [4.69, 9.17) is 11.6 Å². The molecular formula is C24H18ClF4N7O. The minimum Gasteiger partial charge on any atom is -0.356 e. The van der Waals surface area contributed by atoms with Crippen molar-refractivity contribution in [1.82, 2.24) is 34.7 Å². The first-order chi connectivity index (χ1) is 17.7. The molecule has 0 spiro atoms. The maximum atomic E-state index is 14.4. The number of fused-ring (bicyclic) bond motifs is 2. The SMILES string of the molecule is O=C(NCc1ncn2ccc(Cl)c(F)c12)c1cn(Cc2[nH]c3ccc(C4CC4)cc3c2C(F)(F)F)nn1. The average Bonchev–Trinajstić information content (AvgIpc) is 3.28. The van der Waals surface area contributed by atoms with Crippen LogP contribution in [0.5, 0.6) is 0 Å². The van der Waals surface area contributed by atoms with Gasteiger partial charge in [-0.15, -0.1) is 5.10 Å². The lowest BCUT2D eigenvalue weighted by Crippen LogP contribution is -2.23. The minimum absolute atomic E-state index is 0.0795. The zero-order valence-corrected chi connectivity index (χ0v) is 19.7. The molecule has 0 saturated heterocycles. The number of pyridine rings is 1. The average molecular weight is 532 g/mol. The van der Waals surface area contributed by atoms with Crippen LogP contribution in [0.3, 0.4) is 0 Å². The molecule has 2 N–H and O–H groups in total. The van der Waals surface area contributed by atoms with Crippen LogP contribution in [0.15, 0.2) is 43.0 Å². The van der Waals surface area contributed by atoms with Crippen LogP contribution in [-0.4, -0.2) is 35.3 Å². The monoisotopic (exact) mass is 531 g/mol. The van der Waals surface area contributed by atoms with E-state index in [9.17, 15) is 22.4 Å². The molecule has 1 fully saturated rings. The molecule has 1 aliphatic carbocycles. The quantitative estimate of drug-likeness (QED) is 0.299. The van der Waals surface area contributed by atoms with Crippen LogP contribution < -0.4 is 5.32 Å². The number of imidazole rings is 1. The Morgan fingerprint density at radius 1 is 1.24 bits per heavy atom. The fourth-order valence-electron chi connectivity index (χ4n) is 4.49. The van der Waals surface area contributed by atoms with E-state index in [1.54, 1.807) is 12.1 Å². The Hall–Kier alpha value is -3.93. The molecule has 1 saturated carbocycles. The van der Waals surface area contributed by atoms with Gasteiger partial charge in [0.15, 0.2) is 11.5 Å². The molecular weight excluding hydrogens is 514 g/mol. The number of hydrogen-bond acceptors (Lipinski definition) is 4. The van der Waals surface area contributed by atoms with Gasteiger partial charge in [0, 0.05) is 17.1 Å². The highest BCUT2D eigenvalue weighted by Crippen LogP contribution is 2.43. The molecule has 0 atom stereocenters. The zero-order chi connectivity index (χ0) is 25.9. The summed E-state index contributed by atoms with van der Waals surface area (Å²) in [5.74, 6) is -0.995. The van der Waals surface area contributed by atoms with Gasteiger partial charge < -0.3 is 14.7 Å². The minimum atomic E-state index is -4.58. The van der Waals surface area contributed by atoms with E-state index in [0.29, 0.717) is 11.4 Å². The molecule has 5 aromatic rings. The van der Waals surface area contributed by atoms with E-state index in [2.05, 4.69) is 25.6 Å². The summed E-state index contributed by atoms with van der Waals surface area (Å²) in [6.07, 6.45) is 1.55. The molecule has 0 bridgehead atoms. The molecule has 13 heteroatoms. The number of alkyl halides is 3. The van der Waals surface area contributed by atoms with Gasteiger partial charge in [-0.25, -0.2) is 14.1 Å². The van der Waals surface area contributed by atoms with Gasteiger partial charge in [0.1, 0.15) is 5.52 Å². The van der Waals surface area contributed by atoms with Crippen molar-refractivity contribution < 1.29 is 22.4 Å². The molecule has 1 amide bonds. The van der Waals surface area contributed by atoms with Crippen LogP contribution in [0.4, 0.5) is 17.6 Å². The first-order valence-corrected chi connectivity index (χ1v) is 11.8. The normalized spacial score (nSPS) is 14.1. The highest BCUT2D eigenvalue weighted by molar-refractivity contribution is 6.31. The third-order valence-electron chi connectivity index (χ3n) is 6.41. The van der Waals surface area contributed by atoms with Crippen LogP contribution in [0, 0.1) is 5.82 Å².